The summed E-state index contributed by atoms with van der Waals surface area (Å²) in [6.07, 6.45) is 0. The molecule has 0 radical (unpaired) electrons. The van der Waals surface area contributed by atoms with Gasteiger partial charge >= 0.3 is 5.97 Å². The van der Waals surface area contributed by atoms with Gasteiger partial charge in [0.15, 0.2) is 6.79 Å². The summed E-state index contributed by atoms with van der Waals surface area (Å²) < 4.78 is 26.0. The second kappa shape index (κ2) is 13.2. The molecular formula is C21H28O7. The Hall–Kier alpha value is -2.03. The second-order valence-electron chi connectivity index (χ2n) is 6.08. The number of benzene rings is 2. The molecule has 0 aliphatic rings. The van der Waals surface area contributed by atoms with E-state index in [2.05, 4.69) is 6.07 Å². The first kappa shape index (κ1) is 22.3. The second-order valence-corrected chi connectivity index (χ2v) is 6.08. The summed E-state index contributed by atoms with van der Waals surface area (Å²) in [4.78, 5) is 12.1. The number of hydrogen-bond acceptors (Lipinski definition) is 7. The maximum Gasteiger partial charge on any atom is 0.340 e. The van der Waals surface area contributed by atoms with E-state index in [1.54, 1.807) is 6.07 Å². The Morgan fingerprint density at radius 2 is 1.36 bits per heavy atom. The number of aryl methyl sites for hydroxylation is 1. The lowest BCUT2D eigenvalue weighted by molar-refractivity contribution is -0.0535. The zero-order valence-corrected chi connectivity index (χ0v) is 16.2. The van der Waals surface area contributed by atoms with Crippen LogP contribution in [0.1, 0.15) is 15.9 Å². The summed E-state index contributed by atoms with van der Waals surface area (Å²) in [5.41, 5.74) is 1.67. The molecule has 0 aromatic heterocycles. The third kappa shape index (κ3) is 8.33. The minimum Gasteiger partial charge on any atom is -0.435 e. The quantitative estimate of drug-likeness (QED) is 0.300. The highest BCUT2D eigenvalue weighted by atomic mass is 16.7. The summed E-state index contributed by atoms with van der Waals surface area (Å²) in [5, 5.41) is 10.6. The molecule has 2 aromatic rings. The monoisotopic (exact) mass is 392 g/mol. The molecule has 0 saturated carbocycles. The maximum atomic E-state index is 12.1. The topological polar surface area (TPSA) is 83.5 Å². The van der Waals surface area contributed by atoms with Crippen molar-refractivity contribution in [1.82, 2.24) is 0 Å². The van der Waals surface area contributed by atoms with Crippen molar-refractivity contribution in [3.8, 4) is 0 Å². The maximum absolute atomic E-state index is 12.1. The molecule has 2 aromatic carbocycles. The first-order valence-electron chi connectivity index (χ1n) is 9.30. The van der Waals surface area contributed by atoms with Gasteiger partial charge in [0.05, 0.1) is 58.4 Å². The Balaban J connectivity index is 1.50. The van der Waals surface area contributed by atoms with Crippen molar-refractivity contribution >= 4 is 16.7 Å². The van der Waals surface area contributed by atoms with E-state index in [1.807, 2.05) is 31.2 Å². The average Bonchev–Trinajstić information content (AvgIpc) is 2.70. The van der Waals surface area contributed by atoms with Gasteiger partial charge in [0.25, 0.3) is 0 Å². The first-order valence-corrected chi connectivity index (χ1v) is 9.30. The molecule has 0 aliphatic heterocycles. The van der Waals surface area contributed by atoms with Gasteiger partial charge in [-0.15, -0.1) is 0 Å². The number of rotatable bonds is 14. The number of fused-ring (bicyclic) bond motifs is 1. The number of hydrogen-bond donors (Lipinski definition) is 1. The predicted molar refractivity (Wildman–Crippen MR) is 104 cm³/mol. The summed E-state index contributed by atoms with van der Waals surface area (Å²) in [6.45, 7) is 4.77. The van der Waals surface area contributed by atoms with E-state index >= 15 is 0 Å². The molecule has 28 heavy (non-hydrogen) atoms. The molecule has 1 N–H and O–H groups in total. The summed E-state index contributed by atoms with van der Waals surface area (Å²) in [5.74, 6) is -0.416. The number of esters is 1. The van der Waals surface area contributed by atoms with Gasteiger partial charge in [-0.1, -0.05) is 29.8 Å². The fourth-order valence-corrected chi connectivity index (χ4v) is 2.45. The Morgan fingerprint density at radius 3 is 2.04 bits per heavy atom. The molecule has 7 nitrogen and oxygen atoms in total. The molecule has 2 rings (SSSR count). The van der Waals surface area contributed by atoms with Crippen molar-refractivity contribution in [3.63, 3.8) is 0 Å². The van der Waals surface area contributed by atoms with Crippen LogP contribution >= 0.6 is 0 Å². The number of ether oxygens (including phenoxy) is 5. The lowest BCUT2D eigenvalue weighted by Gasteiger charge is -2.08. The summed E-state index contributed by atoms with van der Waals surface area (Å²) >= 11 is 0. The van der Waals surface area contributed by atoms with E-state index in [9.17, 15) is 4.79 Å². The number of aliphatic hydroxyl groups is 1. The van der Waals surface area contributed by atoms with E-state index in [1.165, 1.54) is 5.56 Å². The Bertz CT molecular complexity index is 717. The van der Waals surface area contributed by atoms with E-state index in [0.717, 1.165) is 10.8 Å². The standard InChI is InChI=1S/C21H28O7/c1-17-2-3-19-15-20(5-4-18(19)14-17)21(23)28-16-27-13-12-26-11-10-25-9-8-24-7-6-22/h2-5,14-15,22H,6-13,16H2,1H3. The molecule has 0 heterocycles. The van der Waals surface area contributed by atoms with Crippen LogP contribution < -0.4 is 0 Å². The van der Waals surface area contributed by atoms with Crippen molar-refractivity contribution in [1.29, 1.82) is 0 Å². The van der Waals surface area contributed by atoms with E-state index in [4.69, 9.17) is 28.8 Å². The zero-order chi connectivity index (χ0) is 20.0. The largest absolute Gasteiger partial charge is 0.435 e. The predicted octanol–water partition coefficient (Wildman–Crippen LogP) is 2.32. The highest BCUT2D eigenvalue weighted by Gasteiger charge is 2.08. The third-order valence-corrected chi connectivity index (χ3v) is 3.86. The van der Waals surface area contributed by atoms with Crippen molar-refractivity contribution in [2.45, 2.75) is 6.92 Å². The van der Waals surface area contributed by atoms with Crippen LogP contribution in [-0.2, 0) is 23.7 Å². The van der Waals surface area contributed by atoms with Gasteiger partial charge < -0.3 is 28.8 Å². The molecule has 0 fully saturated rings. The highest BCUT2D eigenvalue weighted by molar-refractivity contribution is 5.95. The zero-order valence-electron chi connectivity index (χ0n) is 16.2. The van der Waals surface area contributed by atoms with Crippen LogP contribution in [0.5, 0.6) is 0 Å². The van der Waals surface area contributed by atoms with Gasteiger partial charge in [0.2, 0.25) is 0 Å². The smallest absolute Gasteiger partial charge is 0.340 e. The van der Waals surface area contributed by atoms with E-state index in [0.29, 0.717) is 51.8 Å². The first-order chi connectivity index (χ1) is 13.7. The fraction of sp³-hybridized carbons (Fsp3) is 0.476. The van der Waals surface area contributed by atoms with Crippen LogP contribution in [0.4, 0.5) is 0 Å². The molecule has 0 spiro atoms. The molecule has 0 unspecified atom stereocenters. The molecule has 154 valence electrons. The molecule has 7 heteroatoms. The van der Waals surface area contributed by atoms with Crippen molar-refractivity contribution < 1.29 is 33.6 Å². The molecular weight excluding hydrogens is 364 g/mol. The lowest BCUT2D eigenvalue weighted by Crippen LogP contribution is -2.14. The summed E-state index contributed by atoms with van der Waals surface area (Å²) in [6, 6.07) is 11.5. The number of aliphatic hydroxyl groups excluding tert-OH is 1. The van der Waals surface area contributed by atoms with Crippen LogP contribution in [0, 0.1) is 6.92 Å². The van der Waals surface area contributed by atoms with E-state index < -0.39 is 5.97 Å². The summed E-state index contributed by atoms with van der Waals surface area (Å²) in [7, 11) is 0. The lowest BCUT2D eigenvalue weighted by atomic mass is 10.0. The molecule has 0 saturated heterocycles. The van der Waals surface area contributed by atoms with Gasteiger partial charge in [-0.25, -0.2) is 4.79 Å². The van der Waals surface area contributed by atoms with Gasteiger partial charge in [0.1, 0.15) is 0 Å². The molecule has 0 aliphatic carbocycles. The van der Waals surface area contributed by atoms with Crippen molar-refractivity contribution in [2.75, 3.05) is 59.6 Å². The Kier molecular flexibility index (Phi) is 10.5. The SMILES string of the molecule is Cc1ccc2cc(C(=O)OCOCCOCCOCCOCCO)ccc2c1. The molecule has 0 bridgehead atoms. The molecule has 0 amide bonds. The minimum atomic E-state index is -0.416. The van der Waals surface area contributed by atoms with Gasteiger partial charge in [-0.2, -0.15) is 0 Å². The van der Waals surface area contributed by atoms with Crippen LogP contribution in [0.25, 0.3) is 10.8 Å². The van der Waals surface area contributed by atoms with Gasteiger partial charge in [0, 0.05) is 0 Å². The Morgan fingerprint density at radius 1 is 0.786 bits per heavy atom. The third-order valence-electron chi connectivity index (χ3n) is 3.86. The fourth-order valence-electron chi connectivity index (χ4n) is 2.45. The van der Waals surface area contributed by atoms with E-state index in [-0.39, 0.29) is 13.4 Å². The van der Waals surface area contributed by atoms with Crippen molar-refractivity contribution in [2.24, 2.45) is 0 Å². The van der Waals surface area contributed by atoms with Crippen LogP contribution in [0.2, 0.25) is 0 Å². The van der Waals surface area contributed by atoms with Gasteiger partial charge in [-0.3, -0.25) is 0 Å². The van der Waals surface area contributed by atoms with Crippen LogP contribution in [0.15, 0.2) is 36.4 Å². The molecule has 0 atom stereocenters. The van der Waals surface area contributed by atoms with Gasteiger partial charge in [-0.05, 0) is 29.8 Å². The van der Waals surface area contributed by atoms with Crippen LogP contribution in [-0.4, -0.2) is 70.7 Å². The van der Waals surface area contributed by atoms with Crippen LogP contribution in [0.3, 0.4) is 0 Å². The normalized spacial score (nSPS) is 11.1. The number of carbonyl (C=O) groups is 1. The average molecular weight is 392 g/mol. The Labute approximate surface area is 165 Å². The highest BCUT2D eigenvalue weighted by Crippen LogP contribution is 2.18. The number of carbonyl (C=O) groups excluding carboxylic acids is 1. The van der Waals surface area contributed by atoms with Crippen molar-refractivity contribution in [3.05, 3.63) is 47.5 Å². The minimum absolute atomic E-state index is 0.0143.